The Kier molecular flexibility index (Phi) is 6.26. The fraction of sp³-hybridized carbons (Fsp3) is 0.0455. The Balaban J connectivity index is 1.28. The molecule has 6 aromatic carbocycles. The number of nitriles is 2. The Bertz CT molecular complexity index is 2650. The van der Waals surface area contributed by atoms with E-state index in [2.05, 4.69) is 137 Å². The van der Waals surface area contributed by atoms with Gasteiger partial charge in [-0.25, -0.2) is 0 Å². The van der Waals surface area contributed by atoms with Crippen molar-refractivity contribution in [2.45, 2.75) is 12.8 Å². The number of benzene rings is 5. The Hall–Kier alpha value is -6.80. The summed E-state index contributed by atoms with van der Waals surface area (Å²) in [4.78, 5) is 0. The van der Waals surface area contributed by atoms with E-state index < -0.39 is 0 Å². The lowest BCUT2D eigenvalue weighted by molar-refractivity contribution is 0.889. The summed E-state index contributed by atoms with van der Waals surface area (Å²) >= 11 is 0. The van der Waals surface area contributed by atoms with Crippen LogP contribution >= 0.6 is 0 Å². The number of hydrogen-bond acceptors (Lipinski definition) is 2. The summed E-state index contributed by atoms with van der Waals surface area (Å²) in [6.07, 6.45) is 6.35. The number of hydrogen-bond donors (Lipinski definition) is 0. The second kappa shape index (κ2) is 10.9. The molecule has 0 bridgehead atoms. The molecular formula is C44H26N4. The van der Waals surface area contributed by atoms with Gasteiger partial charge in [0.2, 0.25) is 0 Å². The van der Waals surface area contributed by atoms with Gasteiger partial charge in [-0.3, -0.25) is 0 Å². The minimum absolute atomic E-state index is 0.551. The lowest BCUT2D eigenvalue weighted by atomic mass is 9.95. The molecule has 0 saturated carbocycles. The minimum atomic E-state index is 0.551. The molecule has 4 heteroatoms. The van der Waals surface area contributed by atoms with Gasteiger partial charge in [0.25, 0.3) is 0 Å². The van der Waals surface area contributed by atoms with E-state index >= 15 is 0 Å². The highest BCUT2D eigenvalue weighted by molar-refractivity contribution is 6.09. The molecule has 0 unspecified atom stereocenters. The van der Waals surface area contributed by atoms with Gasteiger partial charge in [0.05, 0.1) is 44.6 Å². The third-order valence-electron chi connectivity index (χ3n) is 9.55. The summed E-state index contributed by atoms with van der Waals surface area (Å²) in [5, 5.41) is 24.1. The van der Waals surface area contributed by atoms with Crippen LogP contribution in [0.2, 0.25) is 0 Å². The molecule has 0 fully saturated rings. The number of aromatic nitrogens is 2. The van der Waals surface area contributed by atoms with E-state index in [9.17, 15) is 10.5 Å². The zero-order chi connectivity index (χ0) is 32.2. The van der Waals surface area contributed by atoms with Gasteiger partial charge >= 0.3 is 0 Å². The number of allylic oxidation sites excluding steroid dienone is 1. The topological polar surface area (TPSA) is 57.4 Å². The third-order valence-corrected chi connectivity index (χ3v) is 9.55. The molecule has 9 rings (SSSR count). The monoisotopic (exact) mass is 610 g/mol. The maximum atomic E-state index is 10.5. The van der Waals surface area contributed by atoms with Crippen molar-refractivity contribution in [1.29, 1.82) is 10.5 Å². The van der Waals surface area contributed by atoms with Crippen LogP contribution in [0.15, 0.2) is 127 Å². The number of para-hydroxylation sites is 3. The van der Waals surface area contributed by atoms with Crippen molar-refractivity contribution in [2.24, 2.45) is 0 Å². The quantitative estimate of drug-likeness (QED) is 0.199. The van der Waals surface area contributed by atoms with Crippen molar-refractivity contribution >= 4 is 38.8 Å². The number of fused-ring (bicyclic) bond motifs is 6. The average molecular weight is 611 g/mol. The lowest BCUT2D eigenvalue weighted by Crippen LogP contribution is -2.05. The molecule has 222 valence electrons. The van der Waals surface area contributed by atoms with Gasteiger partial charge in [0.15, 0.2) is 0 Å². The Labute approximate surface area is 278 Å². The van der Waals surface area contributed by atoms with E-state index in [0.29, 0.717) is 11.1 Å². The van der Waals surface area contributed by atoms with Crippen LogP contribution in [0.25, 0.3) is 72.4 Å². The van der Waals surface area contributed by atoms with Gasteiger partial charge in [0, 0.05) is 33.0 Å². The van der Waals surface area contributed by atoms with Crippen molar-refractivity contribution in [1.82, 2.24) is 9.13 Å². The zero-order valence-corrected chi connectivity index (χ0v) is 25.9. The molecule has 0 amide bonds. The van der Waals surface area contributed by atoms with Gasteiger partial charge in [-0.1, -0.05) is 97.1 Å². The van der Waals surface area contributed by atoms with Crippen molar-refractivity contribution in [2.75, 3.05) is 0 Å². The van der Waals surface area contributed by atoms with Crippen molar-refractivity contribution in [3.63, 3.8) is 0 Å². The summed E-state index contributed by atoms with van der Waals surface area (Å²) in [7, 11) is 0. The molecule has 4 nitrogen and oxygen atoms in total. The summed E-state index contributed by atoms with van der Waals surface area (Å²) in [5.41, 5.74) is 12.2. The summed E-state index contributed by atoms with van der Waals surface area (Å²) in [5.74, 6) is 0. The molecule has 1 aliphatic rings. The largest absolute Gasteiger partial charge is 0.312 e. The van der Waals surface area contributed by atoms with Crippen LogP contribution in [0.4, 0.5) is 0 Å². The van der Waals surface area contributed by atoms with Gasteiger partial charge in [-0.15, -0.1) is 0 Å². The normalized spacial score (nSPS) is 12.1. The Morgan fingerprint density at radius 2 is 1.25 bits per heavy atom. The van der Waals surface area contributed by atoms with Crippen molar-refractivity contribution in [3.8, 4) is 45.8 Å². The highest BCUT2D eigenvalue weighted by atomic mass is 15.0. The fourth-order valence-corrected chi connectivity index (χ4v) is 7.43. The second-order valence-electron chi connectivity index (χ2n) is 12.1. The van der Waals surface area contributed by atoms with E-state index in [1.807, 2.05) is 18.2 Å². The molecule has 0 saturated heterocycles. The standard InChI is InChI=1S/C44H26N4/c45-27-31-11-1-2-12-33(31)38-23-21-30(26-44(38)48-42-19-9-5-15-36(42)37-16-6-10-20-43(37)48)29-22-24-39(32(25-29)28-46)47-40-17-7-3-13-34(40)35-14-4-8-18-41(35)47/h1,3-9,11,13-19,21-26H,10,20H2. The van der Waals surface area contributed by atoms with E-state index in [1.165, 1.54) is 16.6 Å². The second-order valence-corrected chi connectivity index (χ2v) is 12.1. The fourth-order valence-electron chi connectivity index (χ4n) is 7.43. The number of rotatable bonds is 4. The predicted octanol–water partition coefficient (Wildman–Crippen LogP) is 10.4. The summed E-state index contributed by atoms with van der Waals surface area (Å²) < 4.78 is 4.55. The van der Waals surface area contributed by atoms with Crippen LogP contribution in [-0.2, 0) is 6.42 Å². The maximum Gasteiger partial charge on any atom is 0.101 e. The van der Waals surface area contributed by atoms with E-state index in [0.717, 1.165) is 73.8 Å². The summed E-state index contributed by atoms with van der Waals surface area (Å²) in [6, 6.07) is 52.4. The smallest absolute Gasteiger partial charge is 0.101 e. The predicted molar refractivity (Wildman–Crippen MR) is 193 cm³/mol. The van der Waals surface area contributed by atoms with Crippen LogP contribution in [-0.4, -0.2) is 9.13 Å². The van der Waals surface area contributed by atoms with Gasteiger partial charge in [0.1, 0.15) is 12.1 Å². The molecule has 0 atom stereocenters. The van der Waals surface area contributed by atoms with Crippen LogP contribution in [0, 0.1) is 34.8 Å². The highest BCUT2D eigenvalue weighted by Crippen LogP contribution is 2.40. The molecule has 0 spiro atoms. The SMILES string of the molecule is N#Cc1ccc#cc1-c1ccc(-c2ccc(-n3c4ccccc4c4ccccc43)c(C#N)c2)cc1-n1c2c(c3ccccc31)C=CCC2. The minimum Gasteiger partial charge on any atom is -0.312 e. The Morgan fingerprint density at radius 1 is 0.604 bits per heavy atom. The van der Waals surface area contributed by atoms with Crippen LogP contribution < -0.4 is 0 Å². The first-order chi connectivity index (χ1) is 23.7. The van der Waals surface area contributed by atoms with Gasteiger partial charge in [-0.2, -0.15) is 10.5 Å². The molecule has 48 heavy (non-hydrogen) atoms. The molecule has 0 N–H and O–H groups in total. The molecule has 0 radical (unpaired) electrons. The van der Waals surface area contributed by atoms with Crippen LogP contribution in [0.1, 0.15) is 28.8 Å². The van der Waals surface area contributed by atoms with E-state index in [4.69, 9.17) is 0 Å². The first kappa shape index (κ1) is 27.5. The lowest BCUT2D eigenvalue weighted by Gasteiger charge is -2.19. The van der Waals surface area contributed by atoms with Gasteiger partial charge in [-0.05, 0) is 72.5 Å². The summed E-state index contributed by atoms with van der Waals surface area (Å²) in [6.45, 7) is 0. The zero-order valence-electron chi connectivity index (χ0n) is 25.9. The molecule has 8 aromatic rings. The Morgan fingerprint density at radius 3 is 1.98 bits per heavy atom. The molecular weight excluding hydrogens is 585 g/mol. The molecule has 0 aliphatic heterocycles. The molecule has 2 heterocycles. The maximum absolute atomic E-state index is 10.5. The van der Waals surface area contributed by atoms with Crippen LogP contribution in [0.5, 0.6) is 0 Å². The van der Waals surface area contributed by atoms with Crippen molar-refractivity contribution in [3.05, 3.63) is 162 Å². The van der Waals surface area contributed by atoms with E-state index in [-0.39, 0.29) is 0 Å². The number of nitrogens with zero attached hydrogens (tertiary/aromatic N) is 4. The molecule has 2 aromatic heterocycles. The average Bonchev–Trinajstić information content (AvgIpc) is 3.67. The van der Waals surface area contributed by atoms with Crippen molar-refractivity contribution < 1.29 is 0 Å². The first-order valence-electron chi connectivity index (χ1n) is 16.0. The highest BCUT2D eigenvalue weighted by Gasteiger charge is 2.22. The van der Waals surface area contributed by atoms with Gasteiger partial charge < -0.3 is 9.13 Å². The third kappa shape index (κ3) is 4.09. The van der Waals surface area contributed by atoms with E-state index in [1.54, 1.807) is 12.1 Å². The van der Waals surface area contributed by atoms with Crippen LogP contribution in [0.3, 0.4) is 0 Å². The first-order valence-corrected chi connectivity index (χ1v) is 16.0. The molecule has 1 aliphatic carbocycles.